The Kier molecular flexibility index (Phi) is 8.47. The average molecular weight is 509 g/mol. The van der Waals surface area contributed by atoms with Crippen molar-refractivity contribution in [3.8, 4) is 17.2 Å². The number of nitrogens with zero attached hydrogens (tertiary/aromatic N) is 2. The molecule has 1 atom stereocenters. The van der Waals surface area contributed by atoms with Crippen LogP contribution in [0.25, 0.3) is 5.76 Å². The second kappa shape index (κ2) is 11.9. The van der Waals surface area contributed by atoms with E-state index in [1.807, 2.05) is 0 Å². The molecule has 0 bridgehead atoms. The Morgan fingerprint density at radius 1 is 1.05 bits per heavy atom. The standard InChI is InChI=1S/C28H32N2O7/c1-4-15-37-22-10-7-20(18-23(22)35-3)25-24(26(31)19-5-8-21(34-2)9-6-19)27(32)28(33)30(25)12-11-29-13-16-36-17-14-29/h4-10,18,25,31H,1,11-17H2,2-3H3/b26-24+. The molecule has 2 saturated heterocycles. The third-order valence-corrected chi connectivity index (χ3v) is 6.52. The van der Waals surface area contributed by atoms with Crippen LogP contribution in [-0.2, 0) is 14.3 Å². The number of aliphatic hydroxyl groups is 1. The van der Waals surface area contributed by atoms with Crippen LogP contribution in [0.3, 0.4) is 0 Å². The number of benzene rings is 2. The van der Waals surface area contributed by atoms with E-state index >= 15 is 0 Å². The highest BCUT2D eigenvalue weighted by Gasteiger charge is 2.46. The number of ketones is 1. The van der Waals surface area contributed by atoms with Gasteiger partial charge in [0, 0.05) is 31.7 Å². The molecule has 9 nitrogen and oxygen atoms in total. The predicted octanol–water partition coefficient (Wildman–Crippen LogP) is 3.02. The number of hydrogen-bond acceptors (Lipinski definition) is 8. The van der Waals surface area contributed by atoms with Gasteiger partial charge in [0.2, 0.25) is 0 Å². The number of amides is 1. The second-order valence-electron chi connectivity index (χ2n) is 8.68. The van der Waals surface area contributed by atoms with Crippen molar-refractivity contribution in [3.63, 3.8) is 0 Å². The van der Waals surface area contributed by atoms with Gasteiger partial charge in [0.05, 0.1) is 39.0 Å². The van der Waals surface area contributed by atoms with E-state index < -0.39 is 17.7 Å². The zero-order valence-corrected chi connectivity index (χ0v) is 21.1. The van der Waals surface area contributed by atoms with Gasteiger partial charge in [0.15, 0.2) is 11.5 Å². The molecule has 0 radical (unpaired) electrons. The van der Waals surface area contributed by atoms with Crippen LogP contribution in [0, 0.1) is 0 Å². The maximum absolute atomic E-state index is 13.3. The Bertz CT molecular complexity index is 1170. The van der Waals surface area contributed by atoms with Crippen molar-refractivity contribution in [2.75, 3.05) is 60.2 Å². The second-order valence-corrected chi connectivity index (χ2v) is 8.68. The maximum Gasteiger partial charge on any atom is 0.295 e. The minimum atomic E-state index is -0.800. The molecule has 1 amide bonds. The lowest BCUT2D eigenvalue weighted by Crippen LogP contribution is -2.42. The molecule has 2 aliphatic rings. The predicted molar refractivity (Wildman–Crippen MR) is 138 cm³/mol. The summed E-state index contributed by atoms with van der Waals surface area (Å²) >= 11 is 0. The van der Waals surface area contributed by atoms with E-state index in [-0.39, 0.29) is 11.3 Å². The number of morpholine rings is 1. The summed E-state index contributed by atoms with van der Waals surface area (Å²) in [6.07, 6.45) is 1.63. The van der Waals surface area contributed by atoms with E-state index in [0.29, 0.717) is 61.3 Å². The SMILES string of the molecule is C=CCOc1ccc(C2/C(=C(\O)c3ccc(OC)cc3)C(=O)C(=O)N2CCN2CCOCC2)cc1OC. The van der Waals surface area contributed by atoms with E-state index in [4.69, 9.17) is 18.9 Å². The zero-order valence-electron chi connectivity index (χ0n) is 21.1. The average Bonchev–Trinajstić information content (AvgIpc) is 3.20. The largest absolute Gasteiger partial charge is 0.507 e. The van der Waals surface area contributed by atoms with Gasteiger partial charge < -0.3 is 29.0 Å². The van der Waals surface area contributed by atoms with Crippen molar-refractivity contribution in [3.05, 3.63) is 71.8 Å². The molecule has 0 aliphatic carbocycles. The Labute approximate surface area is 216 Å². The quantitative estimate of drug-likeness (QED) is 0.226. The number of likely N-dealkylation sites (tertiary alicyclic amines) is 1. The molecule has 1 unspecified atom stereocenters. The fourth-order valence-electron chi connectivity index (χ4n) is 4.56. The van der Waals surface area contributed by atoms with Crippen LogP contribution in [-0.4, -0.2) is 86.8 Å². The Morgan fingerprint density at radius 3 is 2.43 bits per heavy atom. The summed E-state index contributed by atoms with van der Waals surface area (Å²) < 4.78 is 21.8. The molecule has 4 rings (SSSR count). The lowest BCUT2D eigenvalue weighted by molar-refractivity contribution is -0.140. The zero-order chi connectivity index (χ0) is 26.4. The third kappa shape index (κ3) is 5.63. The minimum Gasteiger partial charge on any atom is -0.507 e. The maximum atomic E-state index is 13.3. The highest BCUT2D eigenvalue weighted by atomic mass is 16.5. The number of hydrogen-bond donors (Lipinski definition) is 1. The first kappa shape index (κ1) is 26.2. The lowest BCUT2D eigenvalue weighted by Gasteiger charge is -2.31. The highest BCUT2D eigenvalue weighted by Crippen LogP contribution is 2.42. The summed E-state index contributed by atoms with van der Waals surface area (Å²) in [6, 6.07) is 11.1. The molecule has 9 heteroatoms. The normalized spacial score (nSPS) is 19.6. The lowest BCUT2D eigenvalue weighted by atomic mass is 9.95. The molecule has 1 N–H and O–H groups in total. The van der Waals surface area contributed by atoms with Crippen molar-refractivity contribution in [2.45, 2.75) is 6.04 Å². The van der Waals surface area contributed by atoms with Gasteiger partial charge in [-0.1, -0.05) is 18.7 Å². The van der Waals surface area contributed by atoms with Gasteiger partial charge in [-0.05, 0) is 42.0 Å². The number of carbonyl (C=O) groups excluding carboxylic acids is 2. The molecular weight excluding hydrogens is 476 g/mol. The topological polar surface area (TPSA) is 97.8 Å². The van der Waals surface area contributed by atoms with Gasteiger partial charge in [-0.25, -0.2) is 0 Å². The van der Waals surface area contributed by atoms with Crippen molar-refractivity contribution in [1.82, 2.24) is 9.80 Å². The molecule has 0 spiro atoms. The van der Waals surface area contributed by atoms with Crippen LogP contribution >= 0.6 is 0 Å². The molecule has 0 aromatic heterocycles. The Balaban J connectivity index is 1.76. The van der Waals surface area contributed by atoms with Crippen LogP contribution in [0.15, 0.2) is 60.7 Å². The molecule has 2 fully saturated rings. The van der Waals surface area contributed by atoms with Gasteiger partial charge in [-0.2, -0.15) is 0 Å². The van der Waals surface area contributed by atoms with Crippen LogP contribution in [0.4, 0.5) is 0 Å². The number of carbonyl (C=O) groups is 2. The van der Waals surface area contributed by atoms with E-state index in [1.54, 1.807) is 55.7 Å². The first-order valence-corrected chi connectivity index (χ1v) is 12.1. The third-order valence-electron chi connectivity index (χ3n) is 6.52. The fourth-order valence-corrected chi connectivity index (χ4v) is 4.56. The van der Waals surface area contributed by atoms with Gasteiger partial charge in [0.1, 0.15) is 18.1 Å². The summed E-state index contributed by atoms with van der Waals surface area (Å²) in [7, 11) is 3.07. The summed E-state index contributed by atoms with van der Waals surface area (Å²) in [5, 5.41) is 11.3. The number of aliphatic hydroxyl groups excluding tert-OH is 1. The van der Waals surface area contributed by atoms with Crippen molar-refractivity contribution < 1.29 is 33.6 Å². The first-order valence-electron chi connectivity index (χ1n) is 12.1. The van der Waals surface area contributed by atoms with Gasteiger partial charge in [-0.15, -0.1) is 0 Å². The van der Waals surface area contributed by atoms with Crippen LogP contribution in [0.2, 0.25) is 0 Å². The van der Waals surface area contributed by atoms with E-state index in [0.717, 1.165) is 13.1 Å². The molecule has 2 aromatic rings. The molecule has 2 aromatic carbocycles. The van der Waals surface area contributed by atoms with Gasteiger partial charge in [0.25, 0.3) is 11.7 Å². The summed E-state index contributed by atoms with van der Waals surface area (Å²) in [6.45, 7) is 7.61. The Hall–Kier alpha value is -3.82. The van der Waals surface area contributed by atoms with Crippen LogP contribution in [0.5, 0.6) is 17.2 Å². The molecule has 0 saturated carbocycles. The Morgan fingerprint density at radius 2 is 1.78 bits per heavy atom. The van der Waals surface area contributed by atoms with Crippen LogP contribution < -0.4 is 14.2 Å². The highest BCUT2D eigenvalue weighted by molar-refractivity contribution is 6.46. The first-order chi connectivity index (χ1) is 18.0. The molecule has 2 aliphatic heterocycles. The van der Waals surface area contributed by atoms with E-state index in [1.165, 1.54) is 12.0 Å². The molecule has 2 heterocycles. The van der Waals surface area contributed by atoms with Gasteiger partial charge >= 0.3 is 0 Å². The van der Waals surface area contributed by atoms with Crippen molar-refractivity contribution in [2.24, 2.45) is 0 Å². The van der Waals surface area contributed by atoms with E-state index in [2.05, 4.69) is 11.5 Å². The van der Waals surface area contributed by atoms with Crippen molar-refractivity contribution in [1.29, 1.82) is 0 Å². The summed E-state index contributed by atoms with van der Waals surface area (Å²) in [4.78, 5) is 30.3. The minimum absolute atomic E-state index is 0.0268. The summed E-state index contributed by atoms with van der Waals surface area (Å²) in [5.41, 5.74) is 1.06. The fraction of sp³-hybridized carbons (Fsp3) is 0.357. The monoisotopic (exact) mass is 508 g/mol. The van der Waals surface area contributed by atoms with E-state index in [9.17, 15) is 14.7 Å². The summed E-state index contributed by atoms with van der Waals surface area (Å²) in [5.74, 6) is -0.0654. The number of rotatable bonds is 10. The number of methoxy groups -OCH3 is 2. The molecule has 196 valence electrons. The molecular formula is C28H32N2O7. The number of ether oxygens (including phenoxy) is 4. The van der Waals surface area contributed by atoms with Crippen LogP contribution in [0.1, 0.15) is 17.2 Å². The van der Waals surface area contributed by atoms with Gasteiger partial charge in [-0.3, -0.25) is 14.5 Å². The number of Topliss-reactive ketones (excluding diaryl/α,β-unsaturated/α-hetero) is 1. The molecule has 37 heavy (non-hydrogen) atoms. The van der Waals surface area contributed by atoms with Crippen molar-refractivity contribution >= 4 is 17.4 Å². The smallest absolute Gasteiger partial charge is 0.295 e.